The first kappa shape index (κ1) is 9.46. The molecule has 1 aromatic heterocycles. The fourth-order valence-electron chi connectivity index (χ4n) is 1.48. The van der Waals surface area contributed by atoms with Crippen LogP contribution in [0.5, 0.6) is 5.75 Å². The lowest BCUT2D eigenvalue weighted by atomic mass is 10.1. The molecule has 0 aliphatic carbocycles. The van der Waals surface area contributed by atoms with Gasteiger partial charge in [0.1, 0.15) is 5.75 Å². The first-order valence-corrected chi connectivity index (χ1v) is 5.10. The van der Waals surface area contributed by atoms with E-state index in [-0.39, 0.29) is 0 Å². The van der Waals surface area contributed by atoms with E-state index in [1.54, 1.807) is 7.11 Å². The van der Waals surface area contributed by atoms with Crippen molar-refractivity contribution >= 4 is 26.7 Å². The molecular formula is C11H10BrNO. The molecule has 0 N–H and O–H groups in total. The Morgan fingerprint density at radius 2 is 2.14 bits per heavy atom. The number of rotatable bonds is 1. The molecule has 0 spiro atoms. The van der Waals surface area contributed by atoms with E-state index in [2.05, 4.69) is 20.9 Å². The van der Waals surface area contributed by atoms with Gasteiger partial charge in [0.2, 0.25) is 0 Å². The highest BCUT2D eigenvalue weighted by atomic mass is 79.9. The van der Waals surface area contributed by atoms with E-state index >= 15 is 0 Å². The molecule has 0 bridgehead atoms. The molecule has 0 amide bonds. The molecule has 2 rings (SSSR count). The number of aromatic nitrogens is 1. The number of methoxy groups -OCH3 is 1. The Morgan fingerprint density at radius 1 is 1.36 bits per heavy atom. The third kappa shape index (κ3) is 1.48. The fraction of sp³-hybridized carbons (Fsp3) is 0.182. The van der Waals surface area contributed by atoms with E-state index in [0.717, 1.165) is 21.3 Å². The van der Waals surface area contributed by atoms with Crippen molar-refractivity contribution in [2.24, 2.45) is 0 Å². The Bertz CT molecular complexity index is 482. The van der Waals surface area contributed by atoms with Gasteiger partial charge >= 0.3 is 0 Å². The highest BCUT2D eigenvalue weighted by Gasteiger charge is 2.04. The molecule has 0 aliphatic heterocycles. The van der Waals surface area contributed by atoms with Gasteiger partial charge in [0.15, 0.2) is 0 Å². The summed E-state index contributed by atoms with van der Waals surface area (Å²) in [5.74, 6) is 0.841. The summed E-state index contributed by atoms with van der Waals surface area (Å²) in [5, 5.41) is 2.30. The van der Waals surface area contributed by atoms with Gasteiger partial charge in [-0.05, 0) is 46.4 Å². The van der Waals surface area contributed by atoms with Crippen molar-refractivity contribution in [1.29, 1.82) is 0 Å². The minimum absolute atomic E-state index is 0.841. The quantitative estimate of drug-likeness (QED) is 0.776. The first-order chi connectivity index (χ1) is 6.72. The highest BCUT2D eigenvalue weighted by Crippen LogP contribution is 2.30. The van der Waals surface area contributed by atoms with Crippen molar-refractivity contribution in [3.05, 3.63) is 34.6 Å². The second-order valence-corrected chi connectivity index (χ2v) is 3.96. The number of nitrogens with zero attached hydrogens (tertiary/aromatic N) is 1. The molecule has 1 aromatic carbocycles. The Hall–Kier alpha value is -1.09. The van der Waals surface area contributed by atoms with Crippen molar-refractivity contribution in [2.45, 2.75) is 6.92 Å². The topological polar surface area (TPSA) is 22.1 Å². The average molecular weight is 252 g/mol. The van der Waals surface area contributed by atoms with E-state index in [1.807, 2.05) is 31.3 Å². The number of ether oxygens (including phenoxy) is 1. The van der Waals surface area contributed by atoms with E-state index in [9.17, 15) is 0 Å². The molecule has 14 heavy (non-hydrogen) atoms. The lowest BCUT2D eigenvalue weighted by molar-refractivity contribution is 0.413. The predicted molar refractivity (Wildman–Crippen MR) is 60.7 cm³/mol. The maximum atomic E-state index is 5.23. The van der Waals surface area contributed by atoms with Gasteiger partial charge in [0, 0.05) is 17.3 Å². The van der Waals surface area contributed by atoms with Crippen LogP contribution in [0.2, 0.25) is 0 Å². The fourth-order valence-corrected chi connectivity index (χ4v) is 2.00. The van der Waals surface area contributed by atoms with Gasteiger partial charge in [0.25, 0.3) is 0 Å². The van der Waals surface area contributed by atoms with Gasteiger partial charge in [-0.3, -0.25) is 4.98 Å². The molecule has 2 aromatic rings. The largest absolute Gasteiger partial charge is 0.496 e. The highest BCUT2D eigenvalue weighted by molar-refractivity contribution is 9.10. The van der Waals surface area contributed by atoms with Crippen molar-refractivity contribution < 1.29 is 4.74 Å². The van der Waals surface area contributed by atoms with Gasteiger partial charge in [-0.25, -0.2) is 0 Å². The smallest absolute Gasteiger partial charge is 0.133 e. The van der Waals surface area contributed by atoms with Crippen LogP contribution in [0.25, 0.3) is 10.8 Å². The van der Waals surface area contributed by atoms with Crippen LogP contribution >= 0.6 is 15.9 Å². The van der Waals surface area contributed by atoms with Crippen LogP contribution in [0.15, 0.2) is 28.9 Å². The van der Waals surface area contributed by atoms with Gasteiger partial charge in [-0.1, -0.05) is 0 Å². The number of fused-ring (bicyclic) bond motifs is 1. The molecule has 0 fully saturated rings. The third-order valence-electron chi connectivity index (χ3n) is 2.24. The maximum absolute atomic E-state index is 5.23. The number of hydrogen-bond acceptors (Lipinski definition) is 2. The van der Waals surface area contributed by atoms with Gasteiger partial charge < -0.3 is 4.74 Å². The van der Waals surface area contributed by atoms with E-state index in [1.165, 1.54) is 5.39 Å². The minimum Gasteiger partial charge on any atom is -0.496 e. The zero-order valence-electron chi connectivity index (χ0n) is 8.04. The summed E-state index contributed by atoms with van der Waals surface area (Å²) in [6.07, 6.45) is 1.82. The van der Waals surface area contributed by atoms with Crippen molar-refractivity contribution in [3.8, 4) is 5.75 Å². The van der Waals surface area contributed by atoms with Gasteiger partial charge in [0.05, 0.1) is 11.6 Å². The molecule has 2 nitrogen and oxygen atoms in total. The van der Waals surface area contributed by atoms with Crippen molar-refractivity contribution in [1.82, 2.24) is 4.98 Å². The molecule has 1 heterocycles. The molecule has 0 radical (unpaired) electrons. The molecular weight excluding hydrogens is 242 g/mol. The predicted octanol–water partition coefficient (Wildman–Crippen LogP) is 3.31. The SMILES string of the molecule is COc1cc2c(C)nccc2cc1Br. The summed E-state index contributed by atoms with van der Waals surface area (Å²) in [6.45, 7) is 2.00. The molecule has 72 valence electrons. The monoisotopic (exact) mass is 251 g/mol. The molecule has 0 unspecified atom stereocenters. The van der Waals surface area contributed by atoms with E-state index in [0.29, 0.717) is 0 Å². The number of halogens is 1. The Kier molecular flexibility index (Phi) is 2.42. The summed E-state index contributed by atoms with van der Waals surface area (Å²) < 4.78 is 6.20. The van der Waals surface area contributed by atoms with Crippen molar-refractivity contribution in [3.63, 3.8) is 0 Å². The van der Waals surface area contributed by atoms with Gasteiger partial charge in [-0.2, -0.15) is 0 Å². The number of hydrogen-bond donors (Lipinski definition) is 0. The molecule has 3 heteroatoms. The molecule has 0 atom stereocenters. The second kappa shape index (κ2) is 3.58. The summed E-state index contributed by atoms with van der Waals surface area (Å²) in [7, 11) is 1.66. The number of aryl methyl sites for hydroxylation is 1. The summed E-state index contributed by atoms with van der Waals surface area (Å²) in [6, 6.07) is 6.04. The Morgan fingerprint density at radius 3 is 2.86 bits per heavy atom. The Balaban J connectivity index is 2.80. The zero-order chi connectivity index (χ0) is 10.1. The summed E-state index contributed by atoms with van der Waals surface area (Å²) in [5.41, 5.74) is 1.02. The number of pyridine rings is 1. The van der Waals surface area contributed by atoms with Gasteiger partial charge in [-0.15, -0.1) is 0 Å². The lowest BCUT2D eigenvalue weighted by Crippen LogP contribution is -1.88. The Labute approximate surface area is 91.0 Å². The van der Waals surface area contributed by atoms with Crippen LogP contribution < -0.4 is 4.74 Å². The zero-order valence-corrected chi connectivity index (χ0v) is 9.63. The summed E-state index contributed by atoms with van der Waals surface area (Å²) >= 11 is 3.46. The maximum Gasteiger partial charge on any atom is 0.133 e. The second-order valence-electron chi connectivity index (χ2n) is 3.10. The molecule has 0 aliphatic rings. The first-order valence-electron chi connectivity index (χ1n) is 4.31. The van der Waals surface area contributed by atoms with Crippen LogP contribution in [-0.4, -0.2) is 12.1 Å². The van der Waals surface area contributed by atoms with E-state index < -0.39 is 0 Å². The van der Waals surface area contributed by atoms with Crippen LogP contribution in [0.3, 0.4) is 0 Å². The van der Waals surface area contributed by atoms with E-state index in [4.69, 9.17) is 4.74 Å². The van der Waals surface area contributed by atoms with Crippen molar-refractivity contribution in [2.75, 3.05) is 7.11 Å². The third-order valence-corrected chi connectivity index (χ3v) is 2.86. The average Bonchev–Trinajstić information content (AvgIpc) is 2.17. The summed E-state index contributed by atoms with van der Waals surface area (Å²) in [4.78, 5) is 4.24. The van der Waals surface area contributed by atoms with Crippen LogP contribution in [0.4, 0.5) is 0 Å². The standard InChI is InChI=1S/C11H10BrNO/c1-7-9-6-11(14-2)10(12)5-8(9)3-4-13-7/h3-6H,1-2H3. The number of benzene rings is 1. The minimum atomic E-state index is 0.841. The normalized spacial score (nSPS) is 10.5. The van der Waals surface area contributed by atoms with Crippen LogP contribution in [0, 0.1) is 6.92 Å². The van der Waals surface area contributed by atoms with Crippen LogP contribution in [-0.2, 0) is 0 Å². The van der Waals surface area contributed by atoms with Crippen LogP contribution in [0.1, 0.15) is 5.69 Å². The molecule has 0 saturated heterocycles. The molecule has 0 saturated carbocycles. The lowest BCUT2D eigenvalue weighted by Gasteiger charge is -2.06.